The van der Waals surface area contributed by atoms with Crippen LogP contribution in [0.5, 0.6) is 0 Å². The van der Waals surface area contributed by atoms with Gasteiger partial charge in [0.2, 0.25) is 0 Å². The van der Waals surface area contributed by atoms with Crippen LogP contribution in [0.3, 0.4) is 0 Å². The van der Waals surface area contributed by atoms with Crippen LogP contribution < -0.4 is 11.1 Å². The van der Waals surface area contributed by atoms with E-state index in [9.17, 15) is 0 Å². The monoisotopic (exact) mass is 138 g/mol. The minimum atomic E-state index is 0.00405. The van der Waals surface area contributed by atoms with E-state index in [1.165, 1.54) is 12.0 Å². The van der Waals surface area contributed by atoms with Gasteiger partial charge in [-0.05, 0) is 19.3 Å². The second-order valence-corrected chi connectivity index (χ2v) is 3.64. The maximum Gasteiger partial charge on any atom is 0.0512 e. The molecule has 2 nitrogen and oxygen atoms in total. The van der Waals surface area contributed by atoms with Gasteiger partial charge in [0, 0.05) is 13.1 Å². The Bertz CT molecular complexity index is 186. The summed E-state index contributed by atoms with van der Waals surface area (Å²) in [5.74, 6) is 0.674. The van der Waals surface area contributed by atoms with Crippen molar-refractivity contribution in [1.82, 2.24) is 5.32 Å². The van der Waals surface area contributed by atoms with Gasteiger partial charge in [-0.3, -0.25) is 0 Å². The van der Waals surface area contributed by atoms with Gasteiger partial charge in [0.25, 0.3) is 0 Å². The Morgan fingerprint density at radius 3 is 3.30 bits per heavy atom. The molecule has 3 N–H and O–H groups in total. The summed E-state index contributed by atoms with van der Waals surface area (Å²) in [6.07, 6.45) is 3.43. The second kappa shape index (κ2) is 1.83. The van der Waals surface area contributed by atoms with Crippen LogP contribution in [0.25, 0.3) is 0 Å². The lowest BCUT2D eigenvalue weighted by atomic mass is 9.92. The van der Waals surface area contributed by atoms with Crippen LogP contribution >= 0.6 is 0 Å². The van der Waals surface area contributed by atoms with Crippen molar-refractivity contribution < 1.29 is 0 Å². The Morgan fingerprint density at radius 2 is 2.60 bits per heavy atom. The molecule has 0 amide bonds. The molecular weight excluding hydrogens is 124 g/mol. The van der Waals surface area contributed by atoms with E-state index in [1.807, 2.05) is 0 Å². The SMILES string of the molecule is CC1=C[C@@]2(N)CNC[C@H]2C1. The van der Waals surface area contributed by atoms with Crippen LogP contribution in [-0.4, -0.2) is 18.6 Å². The zero-order valence-corrected chi connectivity index (χ0v) is 6.35. The molecule has 2 atom stereocenters. The van der Waals surface area contributed by atoms with Crippen molar-refractivity contribution in [3.05, 3.63) is 11.6 Å². The molecule has 56 valence electrons. The molecule has 0 radical (unpaired) electrons. The third-order valence-electron chi connectivity index (χ3n) is 2.67. The van der Waals surface area contributed by atoms with E-state index in [0.717, 1.165) is 13.1 Å². The maximum absolute atomic E-state index is 6.12. The Labute approximate surface area is 61.5 Å². The van der Waals surface area contributed by atoms with Crippen molar-refractivity contribution in [1.29, 1.82) is 0 Å². The van der Waals surface area contributed by atoms with Gasteiger partial charge in [0.15, 0.2) is 0 Å². The average molecular weight is 138 g/mol. The van der Waals surface area contributed by atoms with Crippen LogP contribution in [0.2, 0.25) is 0 Å². The topological polar surface area (TPSA) is 38.0 Å². The highest BCUT2D eigenvalue weighted by Crippen LogP contribution is 2.34. The molecule has 0 saturated carbocycles. The van der Waals surface area contributed by atoms with Crippen molar-refractivity contribution in [2.75, 3.05) is 13.1 Å². The molecular formula is C8H14N2. The van der Waals surface area contributed by atoms with Crippen molar-refractivity contribution in [3.63, 3.8) is 0 Å². The summed E-state index contributed by atoms with van der Waals surface area (Å²) in [4.78, 5) is 0. The molecule has 1 heterocycles. The van der Waals surface area contributed by atoms with Gasteiger partial charge in [-0.1, -0.05) is 11.6 Å². The van der Waals surface area contributed by atoms with Crippen LogP contribution in [0.4, 0.5) is 0 Å². The highest BCUT2D eigenvalue weighted by Gasteiger charge is 2.41. The first-order valence-corrected chi connectivity index (χ1v) is 3.89. The number of hydrogen-bond donors (Lipinski definition) is 2. The van der Waals surface area contributed by atoms with Gasteiger partial charge in [0.05, 0.1) is 5.54 Å². The summed E-state index contributed by atoms with van der Waals surface area (Å²) in [6.45, 7) is 4.24. The fraction of sp³-hybridized carbons (Fsp3) is 0.750. The van der Waals surface area contributed by atoms with Crippen LogP contribution in [0.15, 0.2) is 11.6 Å². The van der Waals surface area contributed by atoms with E-state index >= 15 is 0 Å². The van der Waals surface area contributed by atoms with E-state index in [2.05, 4.69) is 18.3 Å². The third kappa shape index (κ3) is 0.724. The Morgan fingerprint density at radius 1 is 1.80 bits per heavy atom. The first kappa shape index (κ1) is 6.38. The average Bonchev–Trinajstić information content (AvgIpc) is 2.20. The van der Waals surface area contributed by atoms with E-state index in [-0.39, 0.29) is 5.54 Å². The molecule has 2 heteroatoms. The van der Waals surface area contributed by atoms with E-state index in [0.29, 0.717) is 5.92 Å². The van der Waals surface area contributed by atoms with E-state index in [1.54, 1.807) is 0 Å². The zero-order chi connectivity index (χ0) is 7.19. The minimum absolute atomic E-state index is 0.00405. The largest absolute Gasteiger partial charge is 0.321 e. The quantitative estimate of drug-likeness (QED) is 0.471. The summed E-state index contributed by atoms with van der Waals surface area (Å²) >= 11 is 0. The second-order valence-electron chi connectivity index (χ2n) is 3.64. The molecule has 1 aliphatic heterocycles. The van der Waals surface area contributed by atoms with E-state index in [4.69, 9.17) is 5.73 Å². The highest BCUT2D eigenvalue weighted by molar-refractivity contribution is 5.25. The lowest BCUT2D eigenvalue weighted by Crippen LogP contribution is -2.42. The molecule has 1 aliphatic carbocycles. The molecule has 0 aromatic heterocycles. The van der Waals surface area contributed by atoms with Gasteiger partial charge in [-0.15, -0.1) is 0 Å². The van der Waals surface area contributed by atoms with Crippen molar-refractivity contribution in [2.24, 2.45) is 11.7 Å². The zero-order valence-electron chi connectivity index (χ0n) is 6.35. The third-order valence-corrected chi connectivity index (χ3v) is 2.67. The van der Waals surface area contributed by atoms with Gasteiger partial charge in [0.1, 0.15) is 0 Å². The van der Waals surface area contributed by atoms with Crippen molar-refractivity contribution in [2.45, 2.75) is 18.9 Å². The normalized spacial score (nSPS) is 45.4. The Balaban J connectivity index is 2.27. The van der Waals surface area contributed by atoms with Gasteiger partial charge < -0.3 is 11.1 Å². The molecule has 1 saturated heterocycles. The van der Waals surface area contributed by atoms with E-state index < -0.39 is 0 Å². The molecule has 0 unspecified atom stereocenters. The predicted molar refractivity (Wildman–Crippen MR) is 41.7 cm³/mol. The molecule has 2 aliphatic rings. The molecule has 0 bridgehead atoms. The summed E-state index contributed by atoms with van der Waals surface area (Å²) in [5.41, 5.74) is 7.59. The standard InChI is InChI=1S/C8H14N2/c1-6-2-7-4-10-5-8(7,9)3-6/h3,7,10H,2,4-5,9H2,1H3/t7-,8-/m1/s1. The predicted octanol–water partition coefficient (Wildman–Crippen LogP) is 0.253. The smallest absolute Gasteiger partial charge is 0.0512 e. The number of fused-ring (bicyclic) bond motifs is 1. The summed E-state index contributed by atoms with van der Waals surface area (Å²) in [6, 6.07) is 0. The fourth-order valence-corrected chi connectivity index (χ4v) is 2.13. The Hall–Kier alpha value is -0.340. The Kier molecular flexibility index (Phi) is 1.17. The number of nitrogens with one attached hydrogen (secondary N) is 1. The molecule has 1 fully saturated rings. The van der Waals surface area contributed by atoms with Crippen molar-refractivity contribution >= 4 is 0 Å². The first-order valence-electron chi connectivity index (χ1n) is 3.89. The summed E-state index contributed by atoms with van der Waals surface area (Å²) < 4.78 is 0. The number of rotatable bonds is 0. The van der Waals surface area contributed by atoms with Crippen LogP contribution in [0.1, 0.15) is 13.3 Å². The lowest BCUT2D eigenvalue weighted by Gasteiger charge is -2.20. The van der Waals surface area contributed by atoms with Gasteiger partial charge in [-0.2, -0.15) is 0 Å². The van der Waals surface area contributed by atoms with Gasteiger partial charge in [-0.25, -0.2) is 0 Å². The number of nitrogens with two attached hydrogens (primary N) is 1. The summed E-state index contributed by atoms with van der Waals surface area (Å²) in [7, 11) is 0. The first-order chi connectivity index (χ1) is 4.71. The van der Waals surface area contributed by atoms with Crippen LogP contribution in [0, 0.1) is 5.92 Å². The van der Waals surface area contributed by atoms with Crippen molar-refractivity contribution in [3.8, 4) is 0 Å². The number of allylic oxidation sites excluding steroid dienone is 1. The van der Waals surface area contributed by atoms with Gasteiger partial charge >= 0.3 is 0 Å². The molecule has 2 rings (SSSR count). The highest BCUT2D eigenvalue weighted by atomic mass is 15.0. The van der Waals surface area contributed by atoms with Crippen LogP contribution in [-0.2, 0) is 0 Å². The molecule has 0 spiro atoms. The number of hydrogen-bond acceptors (Lipinski definition) is 2. The molecule has 0 aromatic carbocycles. The molecule has 10 heavy (non-hydrogen) atoms. The summed E-state index contributed by atoms with van der Waals surface area (Å²) in [5, 5.41) is 3.32. The minimum Gasteiger partial charge on any atom is -0.321 e. The fourth-order valence-electron chi connectivity index (χ4n) is 2.13. The lowest BCUT2D eigenvalue weighted by molar-refractivity contribution is 0.450. The maximum atomic E-state index is 6.12. The molecule has 0 aromatic rings.